The van der Waals surface area contributed by atoms with Crippen LogP contribution in [-0.4, -0.2) is 16.9 Å². The van der Waals surface area contributed by atoms with Crippen LogP contribution in [0, 0.1) is 5.82 Å². The first-order valence-electron chi connectivity index (χ1n) is 5.25. The molecule has 92 valence electrons. The Hall–Kier alpha value is -1.46. The molecule has 1 unspecified atom stereocenters. The number of aliphatic carboxylic acids is 1. The first-order valence-corrected chi connectivity index (χ1v) is 5.25. The molecular formula is C12H13FO4. The van der Waals surface area contributed by atoms with Gasteiger partial charge in [-0.3, -0.25) is 4.79 Å². The van der Waals surface area contributed by atoms with E-state index in [1.807, 2.05) is 0 Å². The van der Waals surface area contributed by atoms with E-state index in [1.54, 1.807) is 13.0 Å². The third-order valence-corrected chi connectivity index (χ3v) is 2.71. The van der Waals surface area contributed by atoms with E-state index < -0.39 is 11.8 Å². The number of rotatable bonds is 2. The zero-order chi connectivity index (χ0) is 12.5. The van der Waals surface area contributed by atoms with Crippen LogP contribution >= 0.6 is 0 Å². The SMILES string of the molecule is CC1(CC(=O)O)OCc2ccc(F)cc2CO1. The molecule has 0 bridgehead atoms. The van der Waals surface area contributed by atoms with Gasteiger partial charge in [0.25, 0.3) is 0 Å². The van der Waals surface area contributed by atoms with Crippen molar-refractivity contribution in [1.82, 2.24) is 0 Å². The lowest BCUT2D eigenvalue weighted by atomic mass is 10.1. The molecular weight excluding hydrogens is 227 g/mol. The minimum Gasteiger partial charge on any atom is -0.481 e. The highest BCUT2D eigenvalue weighted by molar-refractivity contribution is 5.67. The van der Waals surface area contributed by atoms with Gasteiger partial charge in [-0.25, -0.2) is 4.39 Å². The molecule has 1 N–H and O–H groups in total. The molecule has 0 amide bonds. The Morgan fingerprint density at radius 3 is 2.71 bits per heavy atom. The lowest BCUT2D eigenvalue weighted by Gasteiger charge is -2.25. The highest BCUT2D eigenvalue weighted by Crippen LogP contribution is 2.27. The topological polar surface area (TPSA) is 55.8 Å². The summed E-state index contributed by atoms with van der Waals surface area (Å²) < 4.78 is 23.9. The van der Waals surface area contributed by atoms with Gasteiger partial charge in [0.05, 0.1) is 19.6 Å². The van der Waals surface area contributed by atoms with E-state index in [0.29, 0.717) is 5.56 Å². The second-order valence-corrected chi connectivity index (χ2v) is 4.19. The van der Waals surface area contributed by atoms with Crippen LogP contribution in [0.4, 0.5) is 4.39 Å². The fraction of sp³-hybridized carbons (Fsp3) is 0.417. The zero-order valence-electron chi connectivity index (χ0n) is 9.40. The van der Waals surface area contributed by atoms with Gasteiger partial charge in [-0.05, 0) is 30.2 Å². The van der Waals surface area contributed by atoms with E-state index in [4.69, 9.17) is 14.6 Å². The monoisotopic (exact) mass is 240 g/mol. The Kier molecular flexibility index (Phi) is 3.13. The van der Waals surface area contributed by atoms with Gasteiger partial charge >= 0.3 is 5.97 Å². The summed E-state index contributed by atoms with van der Waals surface area (Å²) in [7, 11) is 0. The van der Waals surface area contributed by atoms with Gasteiger partial charge in [0.15, 0.2) is 5.79 Å². The normalized spacial score (nSPS) is 23.9. The molecule has 0 spiro atoms. The van der Waals surface area contributed by atoms with Crippen LogP contribution < -0.4 is 0 Å². The first kappa shape index (κ1) is 12.0. The summed E-state index contributed by atoms with van der Waals surface area (Å²) in [6, 6.07) is 4.35. The maximum absolute atomic E-state index is 13.0. The van der Waals surface area contributed by atoms with E-state index in [1.165, 1.54) is 12.1 Å². The molecule has 0 saturated carbocycles. The van der Waals surface area contributed by atoms with E-state index >= 15 is 0 Å². The van der Waals surface area contributed by atoms with Crippen molar-refractivity contribution in [3.8, 4) is 0 Å². The second kappa shape index (κ2) is 4.43. The number of benzene rings is 1. The number of carboxylic acids is 1. The van der Waals surface area contributed by atoms with Crippen molar-refractivity contribution in [2.45, 2.75) is 32.3 Å². The van der Waals surface area contributed by atoms with Crippen molar-refractivity contribution in [3.63, 3.8) is 0 Å². The molecule has 4 nitrogen and oxygen atoms in total. The molecule has 0 saturated heterocycles. The Morgan fingerprint density at radius 2 is 2.06 bits per heavy atom. The summed E-state index contributed by atoms with van der Waals surface area (Å²) >= 11 is 0. The first-order chi connectivity index (χ1) is 7.98. The fourth-order valence-corrected chi connectivity index (χ4v) is 1.75. The summed E-state index contributed by atoms with van der Waals surface area (Å²) in [5.74, 6) is -2.50. The second-order valence-electron chi connectivity index (χ2n) is 4.19. The van der Waals surface area contributed by atoms with Crippen molar-refractivity contribution in [1.29, 1.82) is 0 Å². The van der Waals surface area contributed by atoms with Gasteiger partial charge in [-0.1, -0.05) is 6.07 Å². The molecule has 0 radical (unpaired) electrons. The molecule has 0 aliphatic carbocycles. The van der Waals surface area contributed by atoms with E-state index in [-0.39, 0.29) is 25.5 Å². The van der Waals surface area contributed by atoms with Crippen LogP contribution in [0.3, 0.4) is 0 Å². The zero-order valence-corrected chi connectivity index (χ0v) is 9.40. The summed E-state index contributed by atoms with van der Waals surface area (Å²) in [5, 5.41) is 8.76. The Labute approximate surface area is 98.0 Å². The number of carboxylic acid groups (broad SMARTS) is 1. The number of hydrogen-bond acceptors (Lipinski definition) is 3. The van der Waals surface area contributed by atoms with Crippen molar-refractivity contribution in [3.05, 3.63) is 35.1 Å². The number of halogens is 1. The summed E-state index contributed by atoms with van der Waals surface area (Å²) in [4.78, 5) is 10.7. The molecule has 1 aromatic carbocycles. The Morgan fingerprint density at radius 1 is 1.41 bits per heavy atom. The number of carbonyl (C=O) groups is 1. The smallest absolute Gasteiger partial charge is 0.308 e. The maximum Gasteiger partial charge on any atom is 0.308 e. The van der Waals surface area contributed by atoms with Crippen molar-refractivity contribution >= 4 is 5.97 Å². The van der Waals surface area contributed by atoms with Crippen LogP contribution in [0.5, 0.6) is 0 Å². The van der Waals surface area contributed by atoms with Gasteiger partial charge in [0.1, 0.15) is 5.82 Å². The van der Waals surface area contributed by atoms with Crippen LogP contribution in [-0.2, 0) is 27.5 Å². The predicted octanol–water partition coefficient (Wildman–Crippen LogP) is 2.06. The molecule has 1 aliphatic rings. The van der Waals surface area contributed by atoms with Gasteiger partial charge in [-0.15, -0.1) is 0 Å². The quantitative estimate of drug-likeness (QED) is 0.859. The van der Waals surface area contributed by atoms with Gasteiger partial charge < -0.3 is 14.6 Å². The summed E-state index contributed by atoms with van der Waals surface area (Å²) in [6.45, 7) is 1.94. The summed E-state index contributed by atoms with van der Waals surface area (Å²) in [6.07, 6.45) is -0.247. The van der Waals surface area contributed by atoms with Crippen LogP contribution in [0.2, 0.25) is 0 Å². The van der Waals surface area contributed by atoms with E-state index in [0.717, 1.165) is 5.56 Å². The maximum atomic E-state index is 13.0. The lowest BCUT2D eigenvalue weighted by molar-refractivity contribution is -0.237. The third kappa shape index (κ3) is 2.81. The van der Waals surface area contributed by atoms with Crippen molar-refractivity contribution in [2.75, 3.05) is 0 Å². The standard InChI is InChI=1S/C12H13FO4/c1-12(5-11(14)15)16-6-8-2-3-10(13)4-9(8)7-17-12/h2-4H,5-7H2,1H3,(H,14,15). The third-order valence-electron chi connectivity index (χ3n) is 2.71. The molecule has 1 heterocycles. The Bertz CT molecular complexity index is 446. The van der Waals surface area contributed by atoms with Gasteiger partial charge in [0, 0.05) is 0 Å². The average Bonchev–Trinajstić information content (AvgIpc) is 2.38. The molecule has 17 heavy (non-hydrogen) atoms. The largest absolute Gasteiger partial charge is 0.481 e. The van der Waals surface area contributed by atoms with Crippen LogP contribution in [0.1, 0.15) is 24.5 Å². The molecule has 0 fully saturated rings. The minimum absolute atomic E-state index is 0.150. The number of hydrogen-bond donors (Lipinski definition) is 1. The molecule has 1 aliphatic heterocycles. The van der Waals surface area contributed by atoms with E-state index in [2.05, 4.69) is 0 Å². The highest BCUT2D eigenvalue weighted by atomic mass is 19.1. The van der Waals surface area contributed by atoms with Crippen LogP contribution in [0.15, 0.2) is 18.2 Å². The van der Waals surface area contributed by atoms with Gasteiger partial charge in [-0.2, -0.15) is 0 Å². The minimum atomic E-state index is -1.17. The van der Waals surface area contributed by atoms with Crippen LogP contribution in [0.25, 0.3) is 0 Å². The molecule has 5 heteroatoms. The highest BCUT2D eigenvalue weighted by Gasteiger charge is 2.32. The lowest BCUT2D eigenvalue weighted by Crippen LogP contribution is -2.33. The van der Waals surface area contributed by atoms with Gasteiger partial charge in [0.2, 0.25) is 0 Å². The Balaban J connectivity index is 2.18. The van der Waals surface area contributed by atoms with Crippen molar-refractivity contribution in [2.24, 2.45) is 0 Å². The average molecular weight is 240 g/mol. The van der Waals surface area contributed by atoms with E-state index in [9.17, 15) is 9.18 Å². The summed E-state index contributed by atoms with van der Waals surface area (Å²) in [5.41, 5.74) is 1.51. The number of ether oxygens (including phenoxy) is 2. The van der Waals surface area contributed by atoms with Crippen molar-refractivity contribution < 1.29 is 23.8 Å². The fourth-order valence-electron chi connectivity index (χ4n) is 1.75. The molecule has 0 aromatic heterocycles. The predicted molar refractivity (Wildman–Crippen MR) is 56.6 cm³/mol. The molecule has 2 rings (SSSR count). The molecule has 1 atom stereocenters. The number of fused-ring (bicyclic) bond motifs is 1. The molecule has 1 aromatic rings.